The highest BCUT2D eigenvalue weighted by Gasteiger charge is 2.08. The molecule has 1 amide bonds. The lowest BCUT2D eigenvalue weighted by molar-refractivity contribution is -0.0498. The molecule has 1 aromatic carbocycles. The van der Waals surface area contributed by atoms with E-state index in [0.717, 1.165) is 11.8 Å². The number of ether oxygens (including phenoxy) is 1. The van der Waals surface area contributed by atoms with Gasteiger partial charge in [0.1, 0.15) is 5.75 Å². The molecule has 0 aliphatic rings. The Morgan fingerprint density at radius 1 is 1.47 bits per heavy atom. The molecule has 1 rings (SSSR count). The Balaban J connectivity index is 2.60. The molecule has 0 atom stereocenters. The van der Waals surface area contributed by atoms with Crippen LogP contribution in [0.5, 0.6) is 5.75 Å². The van der Waals surface area contributed by atoms with Crippen molar-refractivity contribution in [2.24, 2.45) is 0 Å². The summed E-state index contributed by atoms with van der Waals surface area (Å²) in [6.07, 6.45) is 0.805. The van der Waals surface area contributed by atoms with Crippen LogP contribution in [0.1, 0.15) is 16.8 Å². The summed E-state index contributed by atoms with van der Waals surface area (Å²) in [4.78, 5) is 11.6. The molecular formula is C11H12BrF2NO2. The fourth-order valence-electron chi connectivity index (χ4n) is 1.18. The Hall–Kier alpha value is -1.17. The number of alkyl halides is 3. The normalized spacial score (nSPS) is 10.4. The number of carbonyl (C=O) groups excluding carboxylic acids is 1. The quantitative estimate of drug-likeness (QED) is 0.648. The van der Waals surface area contributed by atoms with Crippen molar-refractivity contribution in [3.63, 3.8) is 0 Å². The minimum Gasteiger partial charge on any atom is -0.435 e. The van der Waals surface area contributed by atoms with Gasteiger partial charge in [0, 0.05) is 17.4 Å². The topological polar surface area (TPSA) is 38.3 Å². The van der Waals surface area contributed by atoms with E-state index in [4.69, 9.17) is 0 Å². The lowest BCUT2D eigenvalue weighted by atomic mass is 10.2. The smallest absolute Gasteiger partial charge is 0.387 e. The van der Waals surface area contributed by atoms with Gasteiger partial charge >= 0.3 is 6.61 Å². The van der Waals surface area contributed by atoms with Gasteiger partial charge in [-0.05, 0) is 24.6 Å². The van der Waals surface area contributed by atoms with Gasteiger partial charge in [-0.1, -0.05) is 22.0 Å². The number of carbonyl (C=O) groups is 1. The largest absolute Gasteiger partial charge is 0.435 e. The van der Waals surface area contributed by atoms with Crippen LogP contribution in [0.2, 0.25) is 0 Å². The number of hydrogen-bond acceptors (Lipinski definition) is 2. The van der Waals surface area contributed by atoms with Crippen molar-refractivity contribution in [2.75, 3.05) is 11.9 Å². The van der Waals surface area contributed by atoms with Crippen molar-refractivity contribution in [1.82, 2.24) is 5.32 Å². The Morgan fingerprint density at radius 3 is 2.88 bits per heavy atom. The fourth-order valence-corrected chi connectivity index (χ4v) is 1.46. The highest BCUT2D eigenvalue weighted by molar-refractivity contribution is 9.09. The third-order valence-corrected chi connectivity index (χ3v) is 2.48. The summed E-state index contributed by atoms with van der Waals surface area (Å²) >= 11 is 3.24. The first-order chi connectivity index (χ1) is 8.13. The second-order valence-electron chi connectivity index (χ2n) is 3.20. The van der Waals surface area contributed by atoms with Gasteiger partial charge in [0.25, 0.3) is 5.91 Å². The molecule has 1 N–H and O–H groups in total. The number of amides is 1. The van der Waals surface area contributed by atoms with E-state index in [2.05, 4.69) is 26.0 Å². The summed E-state index contributed by atoms with van der Waals surface area (Å²) in [5, 5.41) is 3.46. The summed E-state index contributed by atoms with van der Waals surface area (Å²) in [5.41, 5.74) is 0.303. The van der Waals surface area contributed by atoms with Crippen molar-refractivity contribution >= 4 is 21.8 Å². The molecule has 17 heavy (non-hydrogen) atoms. The monoisotopic (exact) mass is 307 g/mol. The average Bonchev–Trinajstić information content (AvgIpc) is 2.28. The van der Waals surface area contributed by atoms with Crippen LogP contribution in [0.4, 0.5) is 8.78 Å². The zero-order valence-corrected chi connectivity index (χ0v) is 10.5. The molecule has 0 unspecified atom stereocenters. The van der Waals surface area contributed by atoms with Gasteiger partial charge in [-0.15, -0.1) is 0 Å². The van der Waals surface area contributed by atoms with E-state index in [1.807, 2.05) is 0 Å². The van der Waals surface area contributed by atoms with Crippen LogP contribution >= 0.6 is 15.9 Å². The van der Waals surface area contributed by atoms with E-state index in [0.29, 0.717) is 12.1 Å². The van der Waals surface area contributed by atoms with E-state index in [1.54, 1.807) is 6.07 Å². The number of hydrogen-bond donors (Lipinski definition) is 1. The number of benzene rings is 1. The maximum absolute atomic E-state index is 12.0. The van der Waals surface area contributed by atoms with Crippen molar-refractivity contribution < 1.29 is 18.3 Å². The first-order valence-electron chi connectivity index (χ1n) is 5.02. The molecule has 0 saturated heterocycles. The van der Waals surface area contributed by atoms with Gasteiger partial charge in [-0.2, -0.15) is 8.78 Å². The Labute approximate surface area is 106 Å². The lowest BCUT2D eigenvalue weighted by Crippen LogP contribution is -2.24. The van der Waals surface area contributed by atoms with E-state index in [-0.39, 0.29) is 11.7 Å². The minimum absolute atomic E-state index is 0.0202. The van der Waals surface area contributed by atoms with Crippen LogP contribution in [0.25, 0.3) is 0 Å². The fraction of sp³-hybridized carbons (Fsp3) is 0.364. The summed E-state index contributed by atoms with van der Waals surface area (Å²) in [6.45, 7) is -2.36. The molecule has 0 radical (unpaired) electrons. The average molecular weight is 308 g/mol. The van der Waals surface area contributed by atoms with Crippen molar-refractivity contribution in [2.45, 2.75) is 13.0 Å². The van der Waals surface area contributed by atoms with Crippen LogP contribution in [0.15, 0.2) is 24.3 Å². The Kier molecular flexibility index (Phi) is 5.90. The van der Waals surface area contributed by atoms with Crippen LogP contribution in [-0.2, 0) is 0 Å². The number of rotatable bonds is 6. The van der Waals surface area contributed by atoms with Gasteiger partial charge < -0.3 is 10.1 Å². The standard InChI is InChI=1S/C11H12BrF2NO2/c12-5-2-6-15-10(16)8-3-1-4-9(7-8)17-11(13)14/h1,3-4,7,11H,2,5-6H2,(H,15,16). The number of halogens is 3. The van der Waals surface area contributed by atoms with Crippen molar-refractivity contribution in [3.8, 4) is 5.75 Å². The number of nitrogens with one attached hydrogen (secondary N) is 1. The Bertz CT molecular complexity index is 374. The third kappa shape index (κ3) is 5.12. The minimum atomic E-state index is -2.89. The summed E-state index contributed by atoms with van der Waals surface area (Å²) < 4.78 is 28.2. The first-order valence-corrected chi connectivity index (χ1v) is 6.14. The van der Waals surface area contributed by atoms with Crippen LogP contribution in [-0.4, -0.2) is 24.4 Å². The summed E-state index contributed by atoms with van der Waals surface area (Å²) in [6, 6.07) is 5.70. The zero-order valence-electron chi connectivity index (χ0n) is 8.96. The second-order valence-corrected chi connectivity index (χ2v) is 4.00. The van der Waals surface area contributed by atoms with E-state index < -0.39 is 6.61 Å². The van der Waals surface area contributed by atoms with Crippen LogP contribution in [0, 0.1) is 0 Å². The molecule has 0 spiro atoms. The third-order valence-electron chi connectivity index (χ3n) is 1.92. The molecule has 0 bridgehead atoms. The molecule has 1 aromatic rings. The molecule has 0 aliphatic heterocycles. The van der Waals surface area contributed by atoms with E-state index in [1.165, 1.54) is 18.2 Å². The van der Waals surface area contributed by atoms with Gasteiger partial charge in [-0.3, -0.25) is 4.79 Å². The molecule has 0 saturated carbocycles. The van der Waals surface area contributed by atoms with Crippen LogP contribution in [0.3, 0.4) is 0 Å². The lowest BCUT2D eigenvalue weighted by Gasteiger charge is -2.07. The predicted molar refractivity (Wildman–Crippen MR) is 63.8 cm³/mol. The molecule has 0 aromatic heterocycles. The first kappa shape index (κ1) is 13.9. The second kappa shape index (κ2) is 7.21. The predicted octanol–water partition coefficient (Wildman–Crippen LogP) is 2.80. The summed E-state index contributed by atoms with van der Waals surface area (Å²) in [7, 11) is 0. The van der Waals surface area contributed by atoms with Crippen molar-refractivity contribution in [1.29, 1.82) is 0 Å². The highest BCUT2D eigenvalue weighted by atomic mass is 79.9. The van der Waals surface area contributed by atoms with E-state index >= 15 is 0 Å². The Morgan fingerprint density at radius 2 is 2.24 bits per heavy atom. The SMILES string of the molecule is O=C(NCCCBr)c1cccc(OC(F)F)c1. The highest BCUT2D eigenvalue weighted by Crippen LogP contribution is 2.15. The molecule has 6 heteroatoms. The molecule has 0 heterocycles. The van der Waals surface area contributed by atoms with Gasteiger partial charge in [0.15, 0.2) is 0 Å². The van der Waals surface area contributed by atoms with Crippen LogP contribution < -0.4 is 10.1 Å². The summed E-state index contributed by atoms with van der Waals surface area (Å²) in [5.74, 6) is -0.321. The molecule has 0 fully saturated rings. The van der Waals surface area contributed by atoms with Gasteiger partial charge in [-0.25, -0.2) is 0 Å². The van der Waals surface area contributed by atoms with Gasteiger partial charge in [0.2, 0.25) is 0 Å². The van der Waals surface area contributed by atoms with Gasteiger partial charge in [0.05, 0.1) is 0 Å². The molecular weight excluding hydrogens is 296 g/mol. The van der Waals surface area contributed by atoms with Crippen molar-refractivity contribution in [3.05, 3.63) is 29.8 Å². The molecule has 94 valence electrons. The maximum atomic E-state index is 12.0. The van der Waals surface area contributed by atoms with E-state index in [9.17, 15) is 13.6 Å². The molecule has 3 nitrogen and oxygen atoms in total. The maximum Gasteiger partial charge on any atom is 0.387 e. The zero-order chi connectivity index (χ0) is 12.7. The molecule has 0 aliphatic carbocycles.